The van der Waals surface area contributed by atoms with E-state index in [0.717, 1.165) is 24.3 Å². The number of urea groups is 1. The maximum Gasteiger partial charge on any atom is 0.330 e. The highest BCUT2D eigenvalue weighted by molar-refractivity contribution is 6.35. The van der Waals surface area contributed by atoms with Crippen molar-refractivity contribution in [3.8, 4) is 11.5 Å². The number of aromatic nitrogens is 3. The second-order valence-electron chi connectivity index (χ2n) is 12.1. The van der Waals surface area contributed by atoms with Gasteiger partial charge < -0.3 is 34.6 Å². The van der Waals surface area contributed by atoms with Crippen LogP contribution < -0.4 is 34.8 Å². The second kappa shape index (κ2) is 16.1. The van der Waals surface area contributed by atoms with Crippen LogP contribution in [0.4, 0.5) is 39.4 Å². The summed E-state index contributed by atoms with van der Waals surface area (Å²) >= 11 is 6.77. The summed E-state index contributed by atoms with van der Waals surface area (Å²) in [7, 11) is 6.89. The van der Waals surface area contributed by atoms with E-state index in [1.54, 1.807) is 46.5 Å². The molecule has 6 rings (SSSR count). The number of methoxy groups -OCH3 is 2. The van der Waals surface area contributed by atoms with Crippen LogP contribution in [0.25, 0.3) is 0 Å². The summed E-state index contributed by atoms with van der Waals surface area (Å²) in [5.74, 6) is 1.84. The third-order valence-electron chi connectivity index (χ3n) is 8.27. The molecule has 1 fully saturated rings. The largest absolute Gasteiger partial charge is 0.497 e. The maximum atomic E-state index is 14.5. The van der Waals surface area contributed by atoms with E-state index < -0.39 is 0 Å². The van der Waals surface area contributed by atoms with Crippen molar-refractivity contribution in [3.63, 3.8) is 0 Å². The summed E-state index contributed by atoms with van der Waals surface area (Å²) in [5, 5.41) is 6.34. The first-order chi connectivity index (χ1) is 24.7. The molecule has 2 N–H and O–H groups in total. The van der Waals surface area contributed by atoms with Gasteiger partial charge in [0, 0.05) is 55.3 Å². The van der Waals surface area contributed by atoms with Crippen molar-refractivity contribution in [2.45, 2.75) is 13.1 Å². The standard InChI is InChI=1S/C36H40ClN9O5/c1-43(2)12-6-9-32(47)40-26-8-5-7-24(17-26)22-46-34-25(23-45(36(46)48)29-18-28(49-3)19-30(50-4)33(29)37)20-39-35(42-34)41-31-11-10-27(21-38-31)44-13-15-51-16-14-44/h5-11,17-21H,12-16,22-23H2,1-4H3,(H,40,47)(H,38,39,41,42)/b9-6+. The molecule has 14 nitrogen and oxygen atoms in total. The fraction of sp³-hybridized carbons (Fsp3) is 0.306. The molecule has 0 atom stereocenters. The lowest BCUT2D eigenvalue weighted by Crippen LogP contribution is -2.47. The first-order valence-corrected chi connectivity index (χ1v) is 16.7. The highest BCUT2D eigenvalue weighted by Gasteiger charge is 2.35. The van der Waals surface area contributed by atoms with Gasteiger partial charge in [0.2, 0.25) is 11.9 Å². The monoisotopic (exact) mass is 713 g/mol. The van der Waals surface area contributed by atoms with Crippen molar-refractivity contribution in [2.24, 2.45) is 0 Å². The van der Waals surface area contributed by atoms with Crippen molar-refractivity contribution >= 4 is 58.2 Å². The van der Waals surface area contributed by atoms with E-state index in [0.29, 0.717) is 59.8 Å². The Labute approximate surface area is 301 Å². The minimum Gasteiger partial charge on any atom is -0.497 e. The summed E-state index contributed by atoms with van der Waals surface area (Å²) in [5.41, 5.74) is 3.44. The second-order valence-corrected chi connectivity index (χ2v) is 12.5. The SMILES string of the molecule is COc1cc(OC)c(Cl)c(N2Cc3cnc(Nc4ccc(N5CCOCC5)cn4)nc3N(Cc3cccc(NC(=O)/C=C/CN(C)C)c3)C2=O)c1. The number of nitrogens with zero attached hydrogens (tertiary/aromatic N) is 7. The third kappa shape index (κ3) is 8.48. The fourth-order valence-electron chi connectivity index (χ4n) is 5.70. The minimum atomic E-state index is -0.376. The van der Waals surface area contributed by atoms with E-state index in [1.807, 2.05) is 49.3 Å². The molecule has 266 valence electrons. The number of ether oxygens (including phenoxy) is 3. The number of amides is 3. The molecule has 2 aliphatic rings. The van der Waals surface area contributed by atoms with Crippen molar-refractivity contribution in [1.29, 1.82) is 0 Å². The predicted octanol–water partition coefficient (Wildman–Crippen LogP) is 5.33. The topological polar surface area (TPSA) is 138 Å². The number of likely N-dealkylation sites (N-methyl/N-ethyl adjacent to an activating group) is 1. The molecule has 3 amide bonds. The lowest BCUT2D eigenvalue weighted by molar-refractivity contribution is -0.111. The third-order valence-corrected chi connectivity index (χ3v) is 8.65. The molecule has 0 radical (unpaired) electrons. The Kier molecular flexibility index (Phi) is 11.1. The predicted molar refractivity (Wildman–Crippen MR) is 198 cm³/mol. The van der Waals surface area contributed by atoms with E-state index in [2.05, 4.69) is 25.5 Å². The summed E-state index contributed by atoms with van der Waals surface area (Å²) in [4.78, 5) is 48.3. The van der Waals surface area contributed by atoms with E-state index in [4.69, 9.17) is 30.8 Å². The normalized spacial score (nSPS) is 14.5. The summed E-state index contributed by atoms with van der Waals surface area (Å²) in [6, 6.07) is 14.1. The van der Waals surface area contributed by atoms with Crippen molar-refractivity contribution in [1.82, 2.24) is 19.9 Å². The van der Waals surface area contributed by atoms with Gasteiger partial charge in [-0.3, -0.25) is 14.6 Å². The van der Waals surface area contributed by atoms with Gasteiger partial charge in [-0.2, -0.15) is 4.98 Å². The molecule has 2 aromatic heterocycles. The van der Waals surface area contributed by atoms with Crippen molar-refractivity contribution in [2.75, 3.05) is 86.5 Å². The average Bonchev–Trinajstić information content (AvgIpc) is 3.13. The molecule has 4 aromatic rings. The minimum absolute atomic E-state index is 0.129. The van der Waals surface area contributed by atoms with E-state index in [-0.39, 0.29) is 36.0 Å². The molecule has 15 heteroatoms. The number of halogens is 1. The van der Waals surface area contributed by atoms with Gasteiger partial charge in [-0.15, -0.1) is 0 Å². The Hall–Kier alpha value is -5.44. The first-order valence-electron chi connectivity index (χ1n) is 16.4. The summed E-state index contributed by atoms with van der Waals surface area (Å²) in [6.45, 7) is 3.88. The van der Waals surface area contributed by atoms with Crippen LogP contribution in [0, 0.1) is 0 Å². The van der Waals surface area contributed by atoms with Gasteiger partial charge in [0.25, 0.3) is 0 Å². The molecule has 4 heterocycles. The average molecular weight is 714 g/mol. The molecule has 0 saturated carbocycles. The van der Waals surface area contributed by atoms with Gasteiger partial charge in [-0.1, -0.05) is 29.8 Å². The number of rotatable bonds is 12. The summed E-state index contributed by atoms with van der Waals surface area (Å²) in [6.07, 6.45) is 6.77. The molecule has 0 aliphatic carbocycles. The van der Waals surface area contributed by atoms with E-state index in [1.165, 1.54) is 20.3 Å². The van der Waals surface area contributed by atoms with Crippen LogP contribution in [0.3, 0.4) is 0 Å². The van der Waals surface area contributed by atoms with Gasteiger partial charge in [-0.05, 0) is 43.9 Å². The number of carbonyl (C=O) groups excluding carboxylic acids is 2. The van der Waals surface area contributed by atoms with Gasteiger partial charge in [0.1, 0.15) is 28.2 Å². The van der Waals surface area contributed by atoms with E-state index >= 15 is 0 Å². The molecule has 51 heavy (non-hydrogen) atoms. The Morgan fingerprint density at radius 1 is 1.06 bits per heavy atom. The van der Waals surface area contributed by atoms with Crippen molar-refractivity contribution in [3.05, 3.63) is 89.2 Å². The zero-order valence-electron chi connectivity index (χ0n) is 28.9. The van der Waals surface area contributed by atoms with Crippen LogP contribution >= 0.6 is 11.6 Å². The number of pyridine rings is 1. The number of morpholine rings is 1. The van der Waals surface area contributed by atoms with Crippen LogP contribution in [0.5, 0.6) is 11.5 Å². The molecular weight excluding hydrogens is 674 g/mol. The number of hydrogen-bond acceptors (Lipinski definition) is 11. The fourth-order valence-corrected chi connectivity index (χ4v) is 5.99. The van der Waals surface area contributed by atoms with Crippen LogP contribution in [-0.4, -0.2) is 93.0 Å². The zero-order chi connectivity index (χ0) is 35.9. The molecule has 0 bridgehead atoms. The lowest BCUT2D eigenvalue weighted by atomic mass is 10.1. The number of fused-ring (bicyclic) bond motifs is 1. The van der Waals surface area contributed by atoms with E-state index in [9.17, 15) is 9.59 Å². The van der Waals surface area contributed by atoms with Gasteiger partial charge in [0.15, 0.2) is 0 Å². The Bertz CT molecular complexity index is 1900. The van der Waals surface area contributed by atoms with Crippen LogP contribution in [0.2, 0.25) is 5.02 Å². The highest BCUT2D eigenvalue weighted by Crippen LogP contribution is 2.42. The van der Waals surface area contributed by atoms with Crippen LogP contribution in [0.15, 0.2) is 73.1 Å². The van der Waals surface area contributed by atoms with Gasteiger partial charge in [0.05, 0.1) is 58.1 Å². The highest BCUT2D eigenvalue weighted by atomic mass is 35.5. The van der Waals surface area contributed by atoms with Gasteiger partial charge in [-0.25, -0.2) is 14.8 Å². The van der Waals surface area contributed by atoms with Crippen LogP contribution in [-0.2, 0) is 22.6 Å². The Morgan fingerprint density at radius 2 is 1.88 bits per heavy atom. The smallest absolute Gasteiger partial charge is 0.330 e. The van der Waals surface area contributed by atoms with Crippen LogP contribution in [0.1, 0.15) is 11.1 Å². The Balaban J connectivity index is 1.31. The quantitative estimate of drug-likeness (QED) is 0.185. The summed E-state index contributed by atoms with van der Waals surface area (Å²) < 4.78 is 16.4. The number of carbonyl (C=O) groups is 2. The van der Waals surface area contributed by atoms with Gasteiger partial charge >= 0.3 is 6.03 Å². The number of benzene rings is 2. The lowest BCUT2D eigenvalue weighted by Gasteiger charge is -2.36. The molecule has 0 spiro atoms. The number of anilines is 6. The molecule has 2 aromatic carbocycles. The molecule has 1 saturated heterocycles. The first kappa shape index (κ1) is 35.4. The molecule has 2 aliphatic heterocycles. The number of hydrogen-bond donors (Lipinski definition) is 2. The van der Waals surface area contributed by atoms with Crippen molar-refractivity contribution < 1.29 is 23.8 Å². The molecular formula is C36H40ClN9O5. The molecule has 0 unspecified atom stereocenters. The zero-order valence-corrected chi connectivity index (χ0v) is 29.7. The maximum absolute atomic E-state index is 14.5. The Morgan fingerprint density at radius 3 is 2.61 bits per heavy atom. The number of nitrogens with one attached hydrogen (secondary N) is 2.